The van der Waals surface area contributed by atoms with Crippen LogP contribution in [0.3, 0.4) is 0 Å². The zero-order valence-corrected chi connectivity index (χ0v) is 87.1. The molecule has 20 nitrogen and oxygen atoms in total. The molecule has 1 fully saturated rings. The van der Waals surface area contributed by atoms with E-state index in [-0.39, 0.29) is 150 Å². The lowest BCUT2D eigenvalue weighted by Crippen LogP contribution is -2.13. The fourth-order valence-corrected chi connectivity index (χ4v) is 15.3. The Bertz CT molecular complexity index is 6250. The van der Waals surface area contributed by atoms with E-state index in [0.29, 0.717) is 113 Å². The molecule has 0 spiro atoms. The molecule has 7 N–H and O–H groups in total. The summed E-state index contributed by atoms with van der Waals surface area (Å²) in [6, 6.07) is 61.0. The Kier molecular flexibility index (Phi) is 48.6. The molecule has 150 heavy (non-hydrogen) atoms. The summed E-state index contributed by atoms with van der Waals surface area (Å²) in [7, 11) is 0. The second-order valence-electron chi connectivity index (χ2n) is 35.2. The molecule has 0 saturated heterocycles. The lowest BCUT2D eigenvalue weighted by atomic mass is 10.0. The number of hydrogen-bond donors (Lipinski definition) is 7. The second-order valence-corrected chi connectivity index (χ2v) is 35.2. The van der Waals surface area contributed by atoms with Gasteiger partial charge < -0.3 is 70.2 Å². The Hall–Kier alpha value is -14.8. The van der Waals surface area contributed by atoms with Crippen LogP contribution in [-0.4, -0.2) is 47.2 Å². The van der Waals surface area contributed by atoms with Crippen molar-refractivity contribution in [2.75, 3.05) is 38.5 Å². The first-order valence-corrected chi connectivity index (χ1v) is 49.4. The van der Waals surface area contributed by atoms with E-state index in [4.69, 9.17) is 33.2 Å². The van der Waals surface area contributed by atoms with Crippen molar-refractivity contribution < 1.29 is 120 Å². The minimum atomic E-state index is -2.65. The highest BCUT2D eigenvalue weighted by Gasteiger charge is 2.30. The van der Waals surface area contributed by atoms with E-state index in [9.17, 15) is 86.6 Å². The number of nitrogens with one attached hydrogen (secondary N) is 6. The SMILES string of the molecule is CCC(=O)Nc1cccc(C)c1COc1ccc(C)cc1C(F)F.CCC(=O)Nc1cccc(C)c1COc1ccc(C)cc1C(F)F.CCC(=O)Nc1cccc(C2CC2)c1COc1ccc(C)cc1C(F)F.CCC(=O)Nc1cccc(CC)c1COc1ccc(C)cc1C(F)F.CCC(=O)Nc1cccc(CO)c1COc1ccc(C)cc1C(F)F.CCOc1cccc(NC(=O)CC)c1COc1ccc(C)cc1C(F)F. The molecule has 0 aliphatic heterocycles. The maximum atomic E-state index is 13.3. The van der Waals surface area contributed by atoms with Gasteiger partial charge >= 0.3 is 0 Å². The van der Waals surface area contributed by atoms with Crippen LogP contribution in [0.15, 0.2) is 218 Å². The molecular formula is C118H132F12N6O14. The summed E-state index contributed by atoms with van der Waals surface area (Å²) >= 11 is 0. The van der Waals surface area contributed by atoms with E-state index in [1.54, 1.807) is 198 Å². The minimum Gasteiger partial charge on any atom is -0.493 e. The number of carbonyl (C=O) groups excluding carboxylic acids is 6. The Morgan fingerprint density at radius 1 is 0.267 bits per heavy atom. The first-order chi connectivity index (χ1) is 71.7. The van der Waals surface area contributed by atoms with Crippen LogP contribution in [0.1, 0.15) is 279 Å². The number of aliphatic hydroxyl groups excluding tert-OH is 1. The van der Waals surface area contributed by atoms with Crippen molar-refractivity contribution >= 4 is 69.6 Å². The smallest absolute Gasteiger partial charge is 0.267 e. The third kappa shape index (κ3) is 36.9. The zero-order chi connectivity index (χ0) is 110. The van der Waals surface area contributed by atoms with Gasteiger partial charge in [-0.2, -0.15) is 0 Å². The van der Waals surface area contributed by atoms with Crippen LogP contribution in [0.4, 0.5) is 86.8 Å². The number of rotatable bonds is 41. The van der Waals surface area contributed by atoms with Crippen molar-refractivity contribution in [2.45, 2.75) is 259 Å². The van der Waals surface area contributed by atoms with Crippen LogP contribution in [0.25, 0.3) is 0 Å². The third-order valence-corrected chi connectivity index (χ3v) is 23.8. The Balaban J connectivity index is 0.000000219. The average Bonchev–Trinajstić information content (AvgIpc) is 1.64. The van der Waals surface area contributed by atoms with Gasteiger partial charge in [0.05, 0.1) is 57.8 Å². The summed E-state index contributed by atoms with van der Waals surface area (Å²) in [5, 5.41) is 26.4. The molecule has 0 atom stereocenters. The first kappa shape index (κ1) is 120. The predicted octanol–water partition coefficient (Wildman–Crippen LogP) is 31.1. The Labute approximate surface area is 869 Å². The topological polar surface area (TPSA) is 259 Å². The number of halogens is 12. The quantitative estimate of drug-likeness (QED) is 0.0176. The molecule has 0 radical (unpaired) electrons. The summed E-state index contributed by atoms with van der Waals surface area (Å²) in [6.45, 7) is 29.4. The molecule has 1 aliphatic rings. The van der Waals surface area contributed by atoms with Gasteiger partial charge in [0.2, 0.25) is 35.4 Å². The number of amides is 6. The highest BCUT2D eigenvalue weighted by atomic mass is 19.3. The van der Waals surface area contributed by atoms with Gasteiger partial charge in [-0.15, -0.1) is 0 Å². The molecule has 0 aromatic heterocycles. The van der Waals surface area contributed by atoms with Crippen LogP contribution >= 0.6 is 0 Å². The van der Waals surface area contributed by atoms with Crippen LogP contribution < -0.4 is 65.1 Å². The zero-order valence-electron chi connectivity index (χ0n) is 87.1. The number of anilines is 6. The molecule has 12 aromatic carbocycles. The highest BCUT2D eigenvalue weighted by molar-refractivity contribution is 5.95. The second kappa shape index (κ2) is 60.6. The number of hydrogen-bond acceptors (Lipinski definition) is 14. The van der Waals surface area contributed by atoms with Crippen LogP contribution in [-0.2, 0) is 81.4 Å². The predicted molar refractivity (Wildman–Crippen MR) is 563 cm³/mol. The number of aliphatic hydroxyl groups is 1. The van der Waals surface area contributed by atoms with E-state index in [1.807, 2.05) is 82.3 Å². The van der Waals surface area contributed by atoms with E-state index in [2.05, 4.69) is 31.9 Å². The fourth-order valence-electron chi connectivity index (χ4n) is 15.3. The summed E-state index contributed by atoms with van der Waals surface area (Å²) in [4.78, 5) is 70.3. The van der Waals surface area contributed by atoms with Crippen LogP contribution in [0, 0.1) is 55.4 Å². The van der Waals surface area contributed by atoms with E-state index < -0.39 is 38.6 Å². The normalized spacial score (nSPS) is 11.3. The number of benzene rings is 12. The highest BCUT2D eigenvalue weighted by Crippen LogP contribution is 2.45. The molecule has 0 bridgehead atoms. The molecule has 802 valence electrons. The van der Waals surface area contributed by atoms with E-state index >= 15 is 0 Å². The number of ether oxygens (including phenoxy) is 7. The summed E-state index contributed by atoms with van der Waals surface area (Å²) in [5.74, 6) is 1.15. The lowest BCUT2D eigenvalue weighted by Gasteiger charge is -2.17. The lowest BCUT2D eigenvalue weighted by molar-refractivity contribution is -0.116. The van der Waals surface area contributed by atoms with Gasteiger partial charge in [-0.3, -0.25) is 28.8 Å². The molecular weight excluding hydrogens is 1950 g/mol. The van der Waals surface area contributed by atoms with Crippen molar-refractivity contribution in [3.63, 3.8) is 0 Å². The monoisotopic (exact) mass is 2080 g/mol. The van der Waals surface area contributed by atoms with Crippen molar-refractivity contribution in [2.24, 2.45) is 0 Å². The molecule has 6 amide bonds. The van der Waals surface area contributed by atoms with Crippen molar-refractivity contribution in [1.82, 2.24) is 0 Å². The standard InChI is InChI=1S/C21H23F2NO2.C20H23F2NO3.C20H23F2NO2.C19H21F2NO3.2C19H21F2NO2/c1-3-20(25)24-18-6-4-5-15(14-8-9-14)17(18)12-26-19-10-7-13(2)11-16(19)21(22)23;1-4-19(24)23-16-7-6-8-17(25-5-2)15(16)12-26-18-10-9-13(3)11-14(18)20(21)22;1-4-14-7-6-8-17(23-19(24)5-2)16(14)12-25-18-10-9-13(3)11-15(18)20(21)22;1-3-18(24)22-16-6-4-5-13(10-23)15(16)11-25-17-8-7-12(2)9-14(17)19(20)21;2*1-4-18(23)22-16-7-5-6-13(3)15(16)11-24-17-9-8-12(2)10-14(17)19(20)21/h4-7,10-11,14,21H,3,8-9,12H2,1-2H3,(H,24,25);6-11,20H,4-5,12H2,1-3H3,(H,23,24);6-11,20H,4-5,12H2,1-3H3,(H,23,24);4-9,19,23H,3,10-11H2,1-2H3,(H,22,24);2*5-10,19H,4,11H2,1-3H3,(H,22,23). The van der Waals surface area contributed by atoms with Crippen molar-refractivity contribution in [1.29, 1.82) is 0 Å². The molecule has 1 saturated carbocycles. The Morgan fingerprint density at radius 3 is 0.753 bits per heavy atom. The number of carbonyl (C=O) groups is 6. The van der Waals surface area contributed by atoms with E-state index in [1.165, 1.54) is 48.5 Å². The average molecular weight is 2090 g/mol. The molecule has 0 unspecified atom stereocenters. The van der Waals surface area contributed by atoms with Gasteiger partial charge in [0, 0.05) is 94.8 Å². The molecule has 32 heteroatoms. The molecule has 1 aliphatic carbocycles. The largest absolute Gasteiger partial charge is 0.493 e. The summed E-state index contributed by atoms with van der Waals surface area (Å²) < 4.78 is 198. The van der Waals surface area contributed by atoms with Gasteiger partial charge in [0.25, 0.3) is 38.6 Å². The number of aryl methyl sites for hydroxylation is 9. The van der Waals surface area contributed by atoms with Gasteiger partial charge in [-0.25, -0.2) is 52.7 Å². The number of alkyl halides is 12. The van der Waals surface area contributed by atoms with Crippen molar-refractivity contribution in [3.8, 4) is 40.2 Å². The molecule has 12 aromatic rings. The minimum absolute atomic E-state index is 0.00170. The maximum Gasteiger partial charge on any atom is 0.267 e. The van der Waals surface area contributed by atoms with Crippen molar-refractivity contribution in [3.05, 3.63) is 346 Å². The maximum absolute atomic E-state index is 13.3. The molecule has 0 heterocycles. The van der Waals surface area contributed by atoms with Gasteiger partial charge in [-0.05, 0) is 231 Å². The first-order valence-electron chi connectivity index (χ1n) is 49.4. The van der Waals surface area contributed by atoms with Gasteiger partial charge in [0.1, 0.15) is 79.9 Å². The fraction of sp³-hybridized carbons (Fsp3) is 0.339. The molecule has 13 rings (SSSR count). The Morgan fingerprint density at radius 2 is 0.493 bits per heavy atom. The summed E-state index contributed by atoms with van der Waals surface area (Å²) in [5.41, 5.74) is 16.4. The van der Waals surface area contributed by atoms with Crippen LogP contribution in [0.5, 0.6) is 40.2 Å². The van der Waals surface area contributed by atoms with Gasteiger partial charge in [0.15, 0.2) is 0 Å². The summed E-state index contributed by atoms with van der Waals surface area (Å²) in [6.07, 6.45) is -10.6. The van der Waals surface area contributed by atoms with Gasteiger partial charge in [-0.1, -0.05) is 185 Å². The van der Waals surface area contributed by atoms with E-state index in [0.717, 1.165) is 91.6 Å². The third-order valence-electron chi connectivity index (χ3n) is 23.8. The van der Waals surface area contributed by atoms with Crippen LogP contribution in [0.2, 0.25) is 0 Å².